The lowest BCUT2D eigenvalue weighted by Gasteiger charge is -2.45. The molecule has 224 valence electrons. The molecule has 2 saturated heterocycles. The highest BCUT2D eigenvalue weighted by Gasteiger charge is 2.51. The summed E-state index contributed by atoms with van der Waals surface area (Å²) in [6.07, 6.45) is -15.4. The summed E-state index contributed by atoms with van der Waals surface area (Å²) in [4.78, 5) is 13.1. The second-order valence-corrected chi connectivity index (χ2v) is 9.88. The van der Waals surface area contributed by atoms with Crippen molar-refractivity contribution in [2.75, 3.05) is 13.7 Å². The third-order valence-corrected chi connectivity index (χ3v) is 7.19. The molecule has 3 aromatic rings. The maximum atomic E-state index is 13.1. The molecular weight excluding hydrogens is 552 g/mol. The first-order chi connectivity index (χ1) is 19.4. The molecule has 0 spiro atoms. The summed E-state index contributed by atoms with van der Waals surface area (Å²) in [7, 11) is 1.28. The van der Waals surface area contributed by atoms with Gasteiger partial charge < -0.3 is 69.0 Å². The number of hydrogen-bond donors (Lipinski definition) is 8. The maximum absolute atomic E-state index is 13.1. The standard InChI is InChI=1S/C26H30O15/c1-8-18(30)21(33)23(35)25(37-8)41-24-22(34)20(32)16(7-27)40-26(24)39-14-6-12-10(5-13(14)36-2)19(31)17-11(29)3-9(28)4-15(17)38-12/h3-6,8,16,18,20-30,32-35H,7H2,1-2H3. The van der Waals surface area contributed by atoms with Gasteiger partial charge in [0.05, 0.1) is 25.2 Å². The molecule has 1 aromatic heterocycles. The maximum Gasteiger partial charge on any atom is 0.229 e. The second kappa shape index (κ2) is 11.2. The van der Waals surface area contributed by atoms with Crippen LogP contribution in [-0.2, 0) is 14.2 Å². The van der Waals surface area contributed by atoms with Crippen LogP contribution in [0.25, 0.3) is 21.9 Å². The van der Waals surface area contributed by atoms with Crippen LogP contribution < -0.4 is 14.9 Å². The molecule has 15 nitrogen and oxygen atoms in total. The molecule has 0 amide bonds. The molecule has 2 aromatic carbocycles. The molecule has 5 rings (SSSR count). The van der Waals surface area contributed by atoms with E-state index in [1.165, 1.54) is 26.2 Å². The number of rotatable bonds is 6. The van der Waals surface area contributed by atoms with Crippen molar-refractivity contribution in [3.8, 4) is 23.0 Å². The lowest BCUT2D eigenvalue weighted by molar-refractivity contribution is -0.354. The van der Waals surface area contributed by atoms with Gasteiger partial charge in [-0.25, -0.2) is 0 Å². The summed E-state index contributed by atoms with van der Waals surface area (Å²) < 4.78 is 33.8. The topological polar surface area (TPSA) is 238 Å². The van der Waals surface area contributed by atoms with Gasteiger partial charge in [-0.1, -0.05) is 0 Å². The van der Waals surface area contributed by atoms with Crippen LogP contribution in [0.15, 0.2) is 33.5 Å². The number of fused-ring (bicyclic) bond motifs is 2. The molecule has 3 heterocycles. The Kier molecular flexibility index (Phi) is 7.99. The van der Waals surface area contributed by atoms with Gasteiger partial charge in [-0.2, -0.15) is 0 Å². The molecule has 2 aliphatic heterocycles. The Morgan fingerprint density at radius 2 is 1.56 bits per heavy atom. The first-order valence-corrected chi connectivity index (χ1v) is 12.6. The van der Waals surface area contributed by atoms with Crippen molar-refractivity contribution in [3.05, 3.63) is 34.5 Å². The fourth-order valence-electron chi connectivity index (χ4n) is 4.91. The normalized spacial score (nSPS) is 34.1. The van der Waals surface area contributed by atoms with Crippen molar-refractivity contribution in [2.45, 2.75) is 68.3 Å². The van der Waals surface area contributed by atoms with Crippen molar-refractivity contribution in [3.63, 3.8) is 0 Å². The quantitative estimate of drug-likeness (QED) is 0.153. The first kappa shape index (κ1) is 29.2. The highest BCUT2D eigenvalue weighted by Crippen LogP contribution is 2.38. The second-order valence-electron chi connectivity index (χ2n) is 9.88. The van der Waals surface area contributed by atoms with Gasteiger partial charge in [0.25, 0.3) is 0 Å². The van der Waals surface area contributed by atoms with E-state index in [2.05, 4.69) is 0 Å². The van der Waals surface area contributed by atoms with Gasteiger partial charge in [0, 0.05) is 18.2 Å². The number of aromatic hydroxyl groups is 2. The van der Waals surface area contributed by atoms with Gasteiger partial charge in [0.15, 0.2) is 23.9 Å². The van der Waals surface area contributed by atoms with Crippen molar-refractivity contribution < 1.29 is 69.0 Å². The first-order valence-electron chi connectivity index (χ1n) is 12.6. The highest BCUT2D eigenvalue weighted by molar-refractivity contribution is 5.94. The Balaban J connectivity index is 1.53. The minimum atomic E-state index is -1.76. The van der Waals surface area contributed by atoms with E-state index in [0.29, 0.717) is 0 Å². The summed E-state index contributed by atoms with van der Waals surface area (Å²) in [5.41, 5.74) is -0.799. The van der Waals surface area contributed by atoms with E-state index in [1.807, 2.05) is 0 Å². The molecule has 2 aliphatic rings. The van der Waals surface area contributed by atoms with Crippen LogP contribution in [0.2, 0.25) is 0 Å². The lowest BCUT2D eigenvalue weighted by atomic mass is 9.97. The van der Waals surface area contributed by atoms with Gasteiger partial charge in [0.2, 0.25) is 11.7 Å². The molecule has 41 heavy (non-hydrogen) atoms. The molecule has 10 atom stereocenters. The summed E-state index contributed by atoms with van der Waals surface area (Å²) in [5.74, 6) is -0.973. The number of ether oxygens (including phenoxy) is 5. The fourth-order valence-corrected chi connectivity index (χ4v) is 4.91. The number of aliphatic hydroxyl groups excluding tert-OH is 6. The zero-order valence-electron chi connectivity index (χ0n) is 21.7. The molecule has 0 radical (unpaired) electrons. The van der Waals surface area contributed by atoms with E-state index < -0.39 is 79.2 Å². The number of phenols is 2. The van der Waals surface area contributed by atoms with Crippen LogP contribution in [0, 0.1) is 0 Å². The summed E-state index contributed by atoms with van der Waals surface area (Å²) in [6.45, 7) is 0.698. The molecule has 8 N–H and O–H groups in total. The molecular formula is C26H30O15. The highest BCUT2D eigenvalue weighted by atomic mass is 16.8. The van der Waals surface area contributed by atoms with Gasteiger partial charge >= 0.3 is 0 Å². The minimum absolute atomic E-state index is 0.0102. The van der Waals surface area contributed by atoms with Crippen LogP contribution in [0.3, 0.4) is 0 Å². The van der Waals surface area contributed by atoms with Crippen LogP contribution in [0.4, 0.5) is 0 Å². The van der Waals surface area contributed by atoms with E-state index in [0.717, 1.165) is 12.1 Å². The van der Waals surface area contributed by atoms with E-state index in [-0.39, 0.29) is 39.2 Å². The van der Waals surface area contributed by atoms with Crippen molar-refractivity contribution in [2.24, 2.45) is 0 Å². The largest absolute Gasteiger partial charge is 0.508 e. The van der Waals surface area contributed by atoms with Crippen LogP contribution >= 0.6 is 0 Å². The number of phenolic OH excluding ortho intramolecular Hbond substituents is 2. The van der Waals surface area contributed by atoms with Crippen LogP contribution in [0.1, 0.15) is 6.92 Å². The average molecular weight is 583 g/mol. The van der Waals surface area contributed by atoms with E-state index in [4.69, 9.17) is 28.1 Å². The van der Waals surface area contributed by atoms with E-state index in [1.54, 1.807) is 0 Å². The smallest absolute Gasteiger partial charge is 0.229 e. The summed E-state index contributed by atoms with van der Waals surface area (Å²) in [5, 5.41) is 81.4. The Morgan fingerprint density at radius 3 is 2.24 bits per heavy atom. The van der Waals surface area contributed by atoms with E-state index >= 15 is 0 Å². The number of hydrogen-bond acceptors (Lipinski definition) is 15. The molecule has 0 saturated carbocycles. The van der Waals surface area contributed by atoms with Gasteiger partial charge in [-0.05, 0) is 13.0 Å². The monoisotopic (exact) mass is 582 g/mol. The minimum Gasteiger partial charge on any atom is -0.508 e. The predicted octanol–water partition coefficient (Wildman–Crippen LogP) is -1.60. The van der Waals surface area contributed by atoms with Crippen molar-refractivity contribution in [1.82, 2.24) is 0 Å². The summed E-state index contributed by atoms with van der Waals surface area (Å²) in [6, 6.07) is 4.64. The van der Waals surface area contributed by atoms with Gasteiger partial charge in [0.1, 0.15) is 64.7 Å². The molecule has 0 aliphatic carbocycles. The van der Waals surface area contributed by atoms with Gasteiger partial charge in [-0.3, -0.25) is 4.79 Å². The molecule has 2 fully saturated rings. The SMILES string of the molecule is COc1cc2c(=O)c3c(O)cc(O)cc3oc2cc1OC1OC(CO)C(O)C(O)C1OC1OC(C)C(O)C(O)C1O. The fraction of sp³-hybridized carbons (Fsp3) is 0.500. The zero-order chi connectivity index (χ0) is 29.7. The lowest BCUT2D eigenvalue weighted by Crippen LogP contribution is -2.64. The summed E-state index contributed by atoms with van der Waals surface area (Å²) >= 11 is 0. The van der Waals surface area contributed by atoms with Crippen LogP contribution in [-0.4, -0.2) is 116 Å². The molecule has 15 heteroatoms. The Morgan fingerprint density at radius 1 is 0.829 bits per heavy atom. The van der Waals surface area contributed by atoms with Crippen molar-refractivity contribution in [1.29, 1.82) is 0 Å². The molecule has 0 bridgehead atoms. The Labute approximate surface area is 230 Å². The number of methoxy groups -OCH3 is 1. The zero-order valence-corrected chi connectivity index (χ0v) is 21.7. The Hall–Kier alpha value is -3.25. The number of aliphatic hydroxyl groups is 6. The third kappa shape index (κ3) is 5.16. The van der Waals surface area contributed by atoms with Crippen LogP contribution in [0.5, 0.6) is 23.0 Å². The number of benzene rings is 2. The predicted molar refractivity (Wildman–Crippen MR) is 135 cm³/mol. The average Bonchev–Trinajstić information content (AvgIpc) is 2.93. The molecule has 10 unspecified atom stereocenters. The Bertz CT molecular complexity index is 1470. The third-order valence-electron chi connectivity index (χ3n) is 7.19. The van der Waals surface area contributed by atoms with Crippen molar-refractivity contribution >= 4 is 21.9 Å². The van der Waals surface area contributed by atoms with Gasteiger partial charge in [-0.15, -0.1) is 0 Å². The van der Waals surface area contributed by atoms with E-state index in [9.17, 15) is 45.6 Å².